The van der Waals surface area contributed by atoms with Crippen molar-refractivity contribution < 1.29 is 14.6 Å². The van der Waals surface area contributed by atoms with Crippen LogP contribution in [-0.4, -0.2) is 17.6 Å². The van der Waals surface area contributed by atoms with Crippen LogP contribution in [0.15, 0.2) is 0 Å². The number of carbonyl (C=O) groups is 1. The fourth-order valence-electron chi connectivity index (χ4n) is 0.941. The van der Waals surface area contributed by atoms with E-state index in [0.29, 0.717) is 0 Å². The summed E-state index contributed by atoms with van der Waals surface area (Å²) in [6.45, 7) is 0.135. The summed E-state index contributed by atoms with van der Waals surface area (Å²) in [7, 11) is 1.27. The van der Waals surface area contributed by atoms with Crippen LogP contribution in [0, 0.1) is 9.35 Å². The van der Waals surface area contributed by atoms with E-state index in [1.807, 2.05) is 0 Å². The number of hydrogen-bond acceptors (Lipinski definition) is 6. The summed E-state index contributed by atoms with van der Waals surface area (Å²) in [5.74, 6) is -0.915. The first-order chi connectivity index (χ1) is 7.10. The van der Waals surface area contributed by atoms with E-state index in [1.165, 1.54) is 11.7 Å². The molecule has 0 aliphatic carbocycles. The van der Waals surface area contributed by atoms with Crippen molar-refractivity contribution in [2.24, 2.45) is 0 Å². The summed E-state index contributed by atoms with van der Waals surface area (Å²) in [6, 6.07) is 0. The molecule has 80 valence electrons. The zero-order chi connectivity index (χ0) is 11.4. The Morgan fingerprint density at radius 2 is 2.47 bits per heavy atom. The summed E-state index contributed by atoms with van der Waals surface area (Å²) in [5, 5.41) is 19.8. The Balaban J connectivity index is 2.87. The van der Waals surface area contributed by atoms with Crippen molar-refractivity contribution in [2.45, 2.75) is 13.0 Å². The van der Waals surface area contributed by atoms with E-state index >= 15 is 0 Å². The standard InChI is InChI=1S/C7H7N3O3S2/c1-13-4(11)2-3-10-6(12)5(9-8)15-7(10)14/h2-3H2,1H3. The lowest BCUT2D eigenvalue weighted by Gasteiger charge is -2.07. The van der Waals surface area contributed by atoms with Crippen LogP contribution >= 0.6 is 23.6 Å². The summed E-state index contributed by atoms with van der Waals surface area (Å²) in [4.78, 5) is 13.6. The highest BCUT2D eigenvalue weighted by Crippen LogP contribution is 2.32. The van der Waals surface area contributed by atoms with Crippen molar-refractivity contribution >= 4 is 34.5 Å². The molecule has 15 heavy (non-hydrogen) atoms. The van der Waals surface area contributed by atoms with E-state index in [2.05, 4.69) is 9.71 Å². The lowest BCUT2D eigenvalue weighted by molar-refractivity contribution is -0.277. The Morgan fingerprint density at radius 1 is 1.80 bits per heavy atom. The van der Waals surface area contributed by atoms with E-state index in [4.69, 9.17) is 17.6 Å². The smallest absolute Gasteiger partial charge is 0.451 e. The number of methoxy groups -OCH3 is 1. The van der Waals surface area contributed by atoms with E-state index in [0.717, 1.165) is 11.3 Å². The fourth-order valence-corrected chi connectivity index (χ4v) is 2.04. The third kappa shape index (κ3) is 2.51. The Labute approximate surface area is 94.3 Å². The highest BCUT2D eigenvalue weighted by atomic mass is 32.1. The molecule has 0 fully saturated rings. The molecule has 1 heterocycles. The van der Waals surface area contributed by atoms with Gasteiger partial charge < -0.3 is 14.4 Å². The van der Waals surface area contributed by atoms with Crippen LogP contribution in [0.25, 0.3) is 4.98 Å². The lowest BCUT2D eigenvalue weighted by Crippen LogP contribution is -2.09. The van der Waals surface area contributed by atoms with Gasteiger partial charge in [0.2, 0.25) is 5.39 Å². The van der Waals surface area contributed by atoms with Gasteiger partial charge in [-0.15, -0.1) is 0 Å². The molecule has 0 aromatic carbocycles. The maximum atomic E-state index is 11.4. The molecule has 0 aliphatic rings. The maximum absolute atomic E-state index is 11.4. The highest BCUT2D eigenvalue weighted by Gasteiger charge is 2.15. The number of hydrogen-bond donors (Lipinski definition) is 0. The number of carbonyl (C=O) groups excluding carboxylic acids is 1. The van der Waals surface area contributed by atoms with Crippen LogP contribution in [0.5, 0.6) is 5.88 Å². The molecule has 0 saturated carbocycles. The minimum atomic E-state index is -0.489. The Bertz CT molecular complexity index is 471. The highest BCUT2D eigenvalue weighted by molar-refractivity contribution is 7.73. The predicted molar refractivity (Wildman–Crippen MR) is 54.0 cm³/mol. The Kier molecular flexibility index (Phi) is 3.76. The van der Waals surface area contributed by atoms with E-state index in [-0.39, 0.29) is 21.9 Å². The van der Waals surface area contributed by atoms with Crippen molar-refractivity contribution in [1.82, 2.24) is 4.57 Å². The van der Waals surface area contributed by atoms with Gasteiger partial charge in [0.1, 0.15) is 0 Å². The van der Waals surface area contributed by atoms with Gasteiger partial charge in [0.25, 0.3) is 0 Å². The van der Waals surface area contributed by atoms with Gasteiger partial charge in [-0.2, -0.15) is 0 Å². The Hall–Kier alpha value is -1.46. The number of nitrogens with zero attached hydrogens (tertiary/aromatic N) is 3. The van der Waals surface area contributed by atoms with Gasteiger partial charge in [0.15, 0.2) is 8.93 Å². The van der Waals surface area contributed by atoms with Crippen LogP contribution in [0.3, 0.4) is 0 Å². The molecule has 0 spiro atoms. The van der Waals surface area contributed by atoms with Crippen molar-refractivity contribution in [3.05, 3.63) is 8.93 Å². The second kappa shape index (κ2) is 4.86. The van der Waals surface area contributed by atoms with Crippen molar-refractivity contribution in [3.63, 3.8) is 0 Å². The van der Waals surface area contributed by atoms with Gasteiger partial charge in [0.05, 0.1) is 19.4 Å². The number of rotatable bonds is 3. The van der Waals surface area contributed by atoms with Crippen molar-refractivity contribution in [3.8, 4) is 5.88 Å². The zero-order valence-electron chi connectivity index (χ0n) is 7.80. The van der Waals surface area contributed by atoms with Crippen LogP contribution < -0.4 is 5.11 Å². The van der Waals surface area contributed by atoms with E-state index < -0.39 is 11.8 Å². The first-order valence-corrected chi connectivity index (χ1v) is 5.15. The van der Waals surface area contributed by atoms with Gasteiger partial charge in [-0.3, -0.25) is 4.79 Å². The normalized spacial score (nSPS) is 9.60. The average Bonchev–Trinajstić information content (AvgIpc) is 2.51. The molecule has 0 bridgehead atoms. The van der Waals surface area contributed by atoms with Crippen molar-refractivity contribution in [1.29, 1.82) is 5.39 Å². The number of diazo groups is 1. The molecule has 0 N–H and O–H groups in total. The molecule has 1 rings (SSSR count). The van der Waals surface area contributed by atoms with Crippen molar-refractivity contribution in [2.75, 3.05) is 7.11 Å². The fraction of sp³-hybridized carbons (Fsp3) is 0.429. The molecule has 0 atom stereocenters. The minimum absolute atomic E-state index is 0.0572. The number of thiazole rings is 1. The number of esters is 1. The summed E-state index contributed by atoms with van der Waals surface area (Å²) in [6.07, 6.45) is 0.0572. The monoisotopic (exact) mass is 245 g/mol. The zero-order valence-corrected chi connectivity index (χ0v) is 9.43. The SMILES string of the molecule is COC(=O)CCn1c([O-])c([N+]#N)sc1=S. The average molecular weight is 245 g/mol. The number of aromatic nitrogens is 1. The van der Waals surface area contributed by atoms with Crippen LogP contribution in [-0.2, 0) is 16.1 Å². The molecule has 0 radical (unpaired) electrons. The maximum Gasteiger partial charge on any atom is 0.451 e. The van der Waals surface area contributed by atoms with Gasteiger partial charge in [0, 0.05) is 6.54 Å². The minimum Gasteiger partial charge on any atom is -0.854 e. The number of ether oxygens (including phenoxy) is 1. The molecule has 0 unspecified atom stereocenters. The van der Waals surface area contributed by atoms with Gasteiger partial charge in [-0.1, -0.05) is 0 Å². The van der Waals surface area contributed by atoms with Crippen LogP contribution in [0.2, 0.25) is 0 Å². The molecule has 6 nitrogen and oxygen atoms in total. The summed E-state index contributed by atoms with van der Waals surface area (Å²) < 4.78 is 5.90. The summed E-state index contributed by atoms with van der Waals surface area (Å²) >= 11 is 5.77. The van der Waals surface area contributed by atoms with E-state index in [9.17, 15) is 9.90 Å². The second-order valence-electron chi connectivity index (χ2n) is 2.56. The molecule has 0 saturated heterocycles. The Morgan fingerprint density at radius 3 is 2.93 bits per heavy atom. The lowest BCUT2D eigenvalue weighted by atomic mass is 10.4. The predicted octanol–water partition coefficient (Wildman–Crippen LogP) is 1.40. The van der Waals surface area contributed by atoms with Gasteiger partial charge in [-0.05, 0) is 23.6 Å². The first-order valence-electron chi connectivity index (χ1n) is 3.92. The molecule has 1 aromatic heterocycles. The third-order valence-corrected chi connectivity index (χ3v) is 3.01. The molecule has 8 heteroatoms. The van der Waals surface area contributed by atoms with Gasteiger partial charge in [-0.25, -0.2) is 0 Å². The molecule has 1 aromatic rings. The van der Waals surface area contributed by atoms with Gasteiger partial charge >= 0.3 is 11.0 Å². The quantitative estimate of drug-likeness (QED) is 0.456. The largest absolute Gasteiger partial charge is 0.854 e. The van der Waals surface area contributed by atoms with Crippen LogP contribution in [0.1, 0.15) is 6.42 Å². The summed E-state index contributed by atoms with van der Waals surface area (Å²) in [5.41, 5.74) is 0. The first kappa shape index (κ1) is 11.6. The third-order valence-electron chi connectivity index (χ3n) is 1.69. The van der Waals surface area contributed by atoms with Crippen LogP contribution in [0.4, 0.5) is 5.00 Å². The molecular weight excluding hydrogens is 238 g/mol. The van der Waals surface area contributed by atoms with E-state index in [1.54, 1.807) is 0 Å². The second-order valence-corrected chi connectivity index (χ2v) is 4.18. The topological polar surface area (TPSA) is 82.4 Å². The molecule has 0 amide bonds. The molecule has 0 aliphatic heterocycles. The molecular formula is C7H7N3O3S2.